The molecule has 21 heavy (non-hydrogen) atoms. The van der Waals surface area contributed by atoms with Crippen LogP contribution in [-0.4, -0.2) is 17.6 Å². The lowest BCUT2D eigenvalue weighted by Gasteiger charge is -2.31. The van der Waals surface area contributed by atoms with Crippen LogP contribution in [0.3, 0.4) is 0 Å². The average molecular weight is 366 g/mol. The highest BCUT2D eigenvalue weighted by Gasteiger charge is 2.22. The van der Waals surface area contributed by atoms with Gasteiger partial charge in [0.25, 0.3) is 0 Å². The maximum Gasteiger partial charge on any atom is 0.336 e. The summed E-state index contributed by atoms with van der Waals surface area (Å²) in [5, 5.41) is 9.33. The number of carbonyl (C=O) groups is 1. The van der Waals surface area contributed by atoms with Crippen LogP contribution in [0, 0.1) is 6.92 Å². The maximum absolute atomic E-state index is 11.4. The first-order chi connectivity index (χ1) is 10.1. The fraction of sp³-hybridized carbons (Fsp3) is 0.312. The van der Waals surface area contributed by atoms with Gasteiger partial charge in [0.1, 0.15) is 0 Å². The molecular formula is C16H16BrNO2S. The van der Waals surface area contributed by atoms with Gasteiger partial charge >= 0.3 is 5.97 Å². The second-order valence-electron chi connectivity index (χ2n) is 5.25. The third kappa shape index (κ3) is 2.85. The normalized spacial score (nSPS) is 14.1. The second-order valence-corrected chi connectivity index (χ2v) is 7.45. The molecule has 1 aliphatic rings. The Morgan fingerprint density at radius 3 is 2.95 bits per heavy atom. The summed E-state index contributed by atoms with van der Waals surface area (Å²) in [6.07, 6.45) is 1.85. The quantitative estimate of drug-likeness (QED) is 0.871. The van der Waals surface area contributed by atoms with Crippen LogP contribution in [0.15, 0.2) is 28.7 Å². The molecule has 2 heterocycles. The van der Waals surface area contributed by atoms with E-state index in [1.807, 2.05) is 12.1 Å². The lowest BCUT2D eigenvalue weighted by Crippen LogP contribution is -2.29. The molecule has 5 heteroatoms. The van der Waals surface area contributed by atoms with Crippen LogP contribution in [0.25, 0.3) is 0 Å². The summed E-state index contributed by atoms with van der Waals surface area (Å²) in [6.45, 7) is 3.92. The predicted molar refractivity (Wildman–Crippen MR) is 89.5 cm³/mol. The van der Waals surface area contributed by atoms with Crippen molar-refractivity contribution in [2.24, 2.45) is 0 Å². The molecule has 0 bridgehead atoms. The van der Waals surface area contributed by atoms with E-state index in [1.54, 1.807) is 17.4 Å². The topological polar surface area (TPSA) is 40.5 Å². The van der Waals surface area contributed by atoms with Crippen LogP contribution in [0.5, 0.6) is 0 Å². The van der Waals surface area contributed by atoms with Crippen molar-refractivity contribution < 1.29 is 9.90 Å². The van der Waals surface area contributed by atoms with E-state index < -0.39 is 5.97 Å². The molecule has 110 valence electrons. The highest BCUT2D eigenvalue weighted by atomic mass is 79.9. The zero-order valence-corrected chi connectivity index (χ0v) is 14.1. The number of nitrogens with zero attached hydrogens (tertiary/aromatic N) is 1. The summed E-state index contributed by atoms with van der Waals surface area (Å²) in [5.41, 5.74) is 2.49. The van der Waals surface area contributed by atoms with Gasteiger partial charge < -0.3 is 10.0 Å². The van der Waals surface area contributed by atoms with E-state index in [1.165, 1.54) is 9.75 Å². The van der Waals surface area contributed by atoms with Gasteiger partial charge in [-0.25, -0.2) is 4.79 Å². The van der Waals surface area contributed by atoms with Crippen molar-refractivity contribution in [3.05, 3.63) is 49.6 Å². The van der Waals surface area contributed by atoms with Crippen LogP contribution >= 0.6 is 27.3 Å². The number of carboxylic acids is 1. The molecule has 0 radical (unpaired) electrons. The second kappa shape index (κ2) is 5.81. The zero-order chi connectivity index (χ0) is 15.0. The van der Waals surface area contributed by atoms with Crippen molar-refractivity contribution >= 4 is 38.9 Å². The molecule has 1 aliphatic heterocycles. The summed E-state index contributed by atoms with van der Waals surface area (Å²) in [4.78, 5) is 16.2. The van der Waals surface area contributed by atoms with Gasteiger partial charge in [-0.3, -0.25) is 0 Å². The Labute approximate surface area is 136 Å². The van der Waals surface area contributed by atoms with E-state index in [4.69, 9.17) is 0 Å². The average Bonchev–Trinajstić information content (AvgIpc) is 2.77. The number of fused-ring (bicyclic) bond motifs is 1. The fourth-order valence-corrected chi connectivity index (χ4v) is 4.47. The van der Waals surface area contributed by atoms with E-state index in [-0.39, 0.29) is 0 Å². The molecule has 0 fully saturated rings. The number of carboxylic acid groups (broad SMARTS) is 1. The number of anilines is 1. The van der Waals surface area contributed by atoms with Crippen LogP contribution < -0.4 is 4.90 Å². The Balaban J connectivity index is 1.93. The van der Waals surface area contributed by atoms with Gasteiger partial charge in [0, 0.05) is 26.5 Å². The molecular weight excluding hydrogens is 350 g/mol. The van der Waals surface area contributed by atoms with Crippen molar-refractivity contribution in [2.75, 3.05) is 11.4 Å². The molecule has 0 saturated carbocycles. The van der Waals surface area contributed by atoms with Gasteiger partial charge in [0.2, 0.25) is 0 Å². The number of aromatic carboxylic acids is 1. The van der Waals surface area contributed by atoms with Gasteiger partial charge in [0.15, 0.2) is 0 Å². The number of rotatable bonds is 3. The summed E-state index contributed by atoms with van der Waals surface area (Å²) < 4.78 is 1.15. The summed E-state index contributed by atoms with van der Waals surface area (Å²) >= 11 is 5.35. The van der Waals surface area contributed by atoms with Crippen LogP contribution in [0.2, 0.25) is 0 Å². The van der Waals surface area contributed by atoms with Crippen molar-refractivity contribution in [2.45, 2.75) is 26.3 Å². The number of halogens is 1. The minimum atomic E-state index is -0.830. The molecule has 0 amide bonds. The fourth-order valence-electron chi connectivity index (χ4n) is 2.85. The zero-order valence-electron chi connectivity index (χ0n) is 11.7. The first-order valence-electron chi connectivity index (χ1n) is 6.91. The summed E-state index contributed by atoms with van der Waals surface area (Å²) in [7, 11) is 0. The van der Waals surface area contributed by atoms with Crippen molar-refractivity contribution in [3.63, 3.8) is 0 Å². The van der Waals surface area contributed by atoms with E-state index >= 15 is 0 Å². The molecule has 1 N–H and O–H groups in total. The van der Waals surface area contributed by atoms with E-state index in [9.17, 15) is 9.90 Å². The Hall–Kier alpha value is -1.33. The van der Waals surface area contributed by atoms with Crippen molar-refractivity contribution in [1.82, 2.24) is 0 Å². The molecule has 0 spiro atoms. The van der Waals surface area contributed by atoms with Crippen molar-refractivity contribution in [1.29, 1.82) is 0 Å². The molecule has 3 nitrogen and oxygen atoms in total. The summed E-state index contributed by atoms with van der Waals surface area (Å²) in [6, 6.07) is 7.75. The number of thiophene rings is 1. The molecule has 0 unspecified atom stereocenters. The maximum atomic E-state index is 11.4. The highest BCUT2D eigenvalue weighted by Crippen LogP contribution is 2.33. The largest absolute Gasteiger partial charge is 0.478 e. The lowest BCUT2D eigenvalue weighted by molar-refractivity contribution is 0.0695. The van der Waals surface area contributed by atoms with Gasteiger partial charge in [-0.2, -0.15) is 0 Å². The molecule has 0 atom stereocenters. The first kappa shape index (κ1) is 14.6. The number of hydrogen-bond acceptors (Lipinski definition) is 3. The number of aryl methyl sites for hydroxylation is 1. The molecule has 2 aromatic rings. The Kier molecular flexibility index (Phi) is 4.04. The Morgan fingerprint density at radius 1 is 1.48 bits per heavy atom. The Bertz CT molecular complexity index is 676. The molecule has 0 saturated heterocycles. The minimum absolute atomic E-state index is 0.445. The smallest absolute Gasteiger partial charge is 0.336 e. The van der Waals surface area contributed by atoms with Crippen LogP contribution in [-0.2, 0) is 13.0 Å². The third-order valence-corrected chi connectivity index (χ3v) is 5.95. The third-order valence-electron chi connectivity index (χ3n) is 3.83. The van der Waals surface area contributed by atoms with Crippen LogP contribution in [0.1, 0.15) is 32.1 Å². The predicted octanol–water partition coefficient (Wildman–Crippen LogP) is 4.47. The Morgan fingerprint density at radius 2 is 2.29 bits per heavy atom. The molecule has 3 rings (SSSR count). The summed E-state index contributed by atoms with van der Waals surface area (Å²) in [5.74, 6) is -0.830. The lowest BCUT2D eigenvalue weighted by atomic mass is 9.96. The highest BCUT2D eigenvalue weighted by molar-refractivity contribution is 9.10. The van der Waals surface area contributed by atoms with Gasteiger partial charge in [-0.05, 0) is 59.5 Å². The molecule has 1 aromatic heterocycles. The number of hydrogen-bond donors (Lipinski definition) is 1. The van der Waals surface area contributed by atoms with E-state index in [2.05, 4.69) is 33.8 Å². The monoisotopic (exact) mass is 365 g/mol. The first-order valence-corrected chi connectivity index (χ1v) is 8.52. The molecule has 0 aliphatic carbocycles. The standard InChI is InChI=1S/C16H16BrNO2S/c1-10-14(17)8-11(21-10)9-18-7-3-5-12-13(16(19)20)4-2-6-15(12)18/h2,4,6,8H,3,5,7,9H2,1H3,(H,19,20). The van der Waals surface area contributed by atoms with Gasteiger partial charge in [-0.15, -0.1) is 11.3 Å². The number of benzene rings is 1. The van der Waals surface area contributed by atoms with Gasteiger partial charge in [-0.1, -0.05) is 6.07 Å². The van der Waals surface area contributed by atoms with Crippen LogP contribution in [0.4, 0.5) is 5.69 Å². The van der Waals surface area contributed by atoms with E-state index in [0.29, 0.717) is 5.56 Å². The van der Waals surface area contributed by atoms with E-state index in [0.717, 1.165) is 41.7 Å². The molecule has 1 aromatic carbocycles. The SMILES string of the molecule is Cc1sc(CN2CCCc3c(C(=O)O)cccc32)cc1Br. The minimum Gasteiger partial charge on any atom is -0.478 e. The van der Waals surface area contributed by atoms with Gasteiger partial charge in [0.05, 0.1) is 12.1 Å². The van der Waals surface area contributed by atoms with Crippen molar-refractivity contribution in [3.8, 4) is 0 Å².